The summed E-state index contributed by atoms with van der Waals surface area (Å²) in [5, 5.41) is 0. The van der Waals surface area contributed by atoms with E-state index in [0.717, 1.165) is 5.56 Å². The number of carbonyl (C=O) groups excluding carboxylic acids is 1. The highest BCUT2D eigenvalue weighted by Gasteiger charge is 2.29. The number of carbonyl (C=O) groups is 1. The summed E-state index contributed by atoms with van der Waals surface area (Å²) in [4.78, 5) is 14.3. The molecule has 4 nitrogen and oxygen atoms in total. The van der Waals surface area contributed by atoms with Crippen molar-refractivity contribution in [1.29, 1.82) is 0 Å². The standard InChI is InChI=1S/C17H17NO3/c1-20-15-10-6-5-9-14(15)17(19)18-11-16(21-12-18)13-7-3-2-4-8-13/h2-10,16H,11-12H2,1H3. The van der Waals surface area contributed by atoms with Gasteiger partial charge in [-0.1, -0.05) is 42.5 Å². The van der Waals surface area contributed by atoms with Crippen LogP contribution >= 0.6 is 0 Å². The van der Waals surface area contributed by atoms with E-state index in [1.54, 1.807) is 24.1 Å². The Morgan fingerprint density at radius 3 is 2.62 bits per heavy atom. The van der Waals surface area contributed by atoms with Gasteiger partial charge >= 0.3 is 0 Å². The molecule has 0 N–H and O–H groups in total. The van der Waals surface area contributed by atoms with E-state index < -0.39 is 0 Å². The highest BCUT2D eigenvalue weighted by molar-refractivity contribution is 5.97. The molecule has 1 fully saturated rings. The smallest absolute Gasteiger partial charge is 0.259 e. The first-order chi connectivity index (χ1) is 10.3. The fraction of sp³-hybridized carbons (Fsp3) is 0.235. The van der Waals surface area contributed by atoms with E-state index in [4.69, 9.17) is 9.47 Å². The average molecular weight is 283 g/mol. The normalized spacial score (nSPS) is 17.8. The lowest BCUT2D eigenvalue weighted by atomic mass is 10.1. The lowest BCUT2D eigenvalue weighted by Gasteiger charge is -2.16. The van der Waals surface area contributed by atoms with Gasteiger partial charge in [-0.3, -0.25) is 4.79 Å². The van der Waals surface area contributed by atoms with Crippen molar-refractivity contribution in [3.8, 4) is 5.75 Å². The Kier molecular flexibility index (Phi) is 3.88. The predicted octanol–water partition coefficient (Wildman–Crippen LogP) is 2.87. The molecule has 1 amide bonds. The third kappa shape index (κ3) is 2.76. The van der Waals surface area contributed by atoms with E-state index >= 15 is 0 Å². The van der Waals surface area contributed by atoms with Gasteiger partial charge in [0.1, 0.15) is 18.6 Å². The first-order valence-electron chi connectivity index (χ1n) is 6.88. The molecule has 1 aliphatic heterocycles. The minimum absolute atomic E-state index is 0.0640. The minimum atomic E-state index is -0.0649. The highest BCUT2D eigenvalue weighted by Crippen LogP contribution is 2.27. The monoisotopic (exact) mass is 283 g/mol. The lowest BCUT2D eigenvalue weighted by Crippen LogP contribution is -2.28. The molecule has 1 aliphatic rings. The third-order valence-electron chi connectivity index (χ3n) is 3.61. The van der Waals surface area contributed by atoms with E-state index in [9.17, 15) is 4.79 Å². The summed E-state index contributed by atoms with van der Waals surface area (Å²) in [5.41, 5.74) is 1.66. The lowest BCUT2D eigenvalue weighted by molar-refractivity contribution is 0.0628. The minimum Gasteiger partial charge on any atom is -0.496 e. The Balaban J connectivity index is 1.75. The Morgan fingerprint density at radius 1 is 1.14 bits per heavy atom. The Hall–Kier alpha value is -2.33. The van der Waals surface area contributed by atoms with Gasteiger partial charge in [0.15, 0.2) is 0 Å². The summed E-state index contributed by atoms with van der Waals surface area (Å²) < 4.78 is 11.0. The molecule has 0 saturated carbocycles. The number of para-hydroxylation sites is 1. The topological polar surface area (TPSA) is 38.8 Å². The van der Waals surface area contributed by atoms with Gasteiger partial charge in [-0.2, -0.15) is 0 Å². The van der Waals surface area contributed by atoms with Gasteiger partial charge in [-0.25, -0.2) is 0 Å². The van der Waals surface area contributed by atoms with Crippen LogP contribution in [0.4, 0.5) is 0 Å². The molecule has 1 saturated heterocycles. The quantitative estimate of drug-likeness (QED) is 0.869. The molecule has 1 heterocycles. The maximum atomic E-state index is 12.6. The summed E-state index contributed by atoms with van der Waals surface area (Å²) >= 11 is 0. The molecular formula is C17H17NO3. The van der Waals surface area contributed by atoms with Crippen LogP contribution in [0.5, 0.6) is 5.75 Å². The van der Waals surface area contributed by atoms with Gasteiger partial charge in [-0.05, 0) is 17.7 Å². The molecule has 0 aliphatic carbocycles. The van der Waals surface area contributed by atoms with E-state index in [1.807, 2.05) is 42.5 Å². The maximum Gasteiger partial charge on any atom is 0.259 e. The van der Waals surface area contributed by atoms with Crippen molar-refractivity contribution >= 4 is 5.91 Å². The number of ether oxygens (including phenoxy) is 2. The van der Waals surface area contributed by atoms with Crippen molar-refractivity contribution in [2.75, 3.05) is 20.4 Å². The van der Waals surface area contributed by atoms with E-state index in [0.29, 0.717) is 24.6 Å². The second-order valence-corrected chi connectivity index (χ2v) is 4.92. The summed E-state index contributed by atoms with van der Waals surface area (Å²) in [6, 6.07) is 17.2. The number of hydrogen-bond donors (Lipinski definition) is 0. The number of amides is 1. The Morgan fingerprint density at radius 2 is 1.86 bits per heavy atom. The highest BCUT2D eigenvalue weighted by atomic mass is 16.5. The van der Waals surface area contributed by atoms with Gasteiger partial charge in [0, 0.05) is 0 Å². The number of hydrogen-bond acceptors (Lipinski definition) is 3. The molecule has 21 heavy (non-hydrogen) atoms. The molecule has 2 aromatic carbocycles. The Bertz CT molecular complexity index is 627. The van der Waals surface area contributed by atoms with Crippen LogP contribution in [0, 0.1) is 0 Å². The van der Waals surface area contributed by atoms with E-state index in [2.05, 4.69) is 0 Å². The molecule has 3 rings (SSSR count). The van der Waals surface area contributed by atoms with Crippen molar-refractivity contribution in [2.24, 2.45) is 0 Å². The summed E-state index contributed by atoms with van der Waals surface area (Å²) in [7, 11) is 1.57. The average Bonchev–Trinajstić information content (AvgIpc) is 3.05. The summed E-state index contributed by atoms with van der Waals surface area (Å²) in [6.45, 7) is 0.858. The zero-order valence-corrected chi connectivity index (χ0v) is 11.9. The zero-order valence-electron chi connectivity index (χ0n) is 11.9. The predicted molar refractivity (Wildman–Crippen MR) is 79.2 cm³/mol. The van der Waals surface area contributed by atoms with Crippen molar-refractivity contribution in [3.05, 3.63) is 65.7 Å². The maximum absolute atomic E-state index is 12.6. The van der Waals surface area contributed by atoms with Crippen molar-refractivity contribution < 1.29 is 14.3 Å². The second kappa shape index (κ2) is 5.97. The molecule has 0 radical (unpaired) electrons. The number of methoxy groups -OCH3 is 1. The van der Waals surface area contributed by atoms with Crippen LogP contribution in [0.15, 0.2) is 54.6 Å². The van der Waals surface area contributed by atoms with Crippen LogP contribution in [0.1, 0.15) is 22.0 Å². The SMILES string of the molecule is COc1ccccc1C(=O)N1COC(c2ccccc2)C1. The molecule has 0 bridgehead atoms. The largest absolute Gasteiger partial charge is 0.496 e. The van der Waals surface area contributed by atoms with Crippen LogP contribution in [-0.2, 0) is 4.74 Å². The fourth-order valence-corrected chi connectivity index (χ4v) is 2.49. The summed E-state index contributed by atoms with van der Waals surface area (Å²) in [6.07, 6.45) is -0.0649. The van der Waals surface area contributed by atoms with E-state index in [-0.39, 0.29) is 12.0 Å². The summed E-state index contributed by atoms with van der Waals surface area (Å²) in [5.74, 6) is 0.525. The molecule has 2 aromatic rings. The van der Waals surface area contributed by atoms with Crippen LogP contribution in [0.25, 0.3) is 0 Å². The van der Waals surface area contributed by atoms with Gasteiger partial charge in [0.2, 0.25) is 0 Å². The van der Waals surface area contributed by atoms with Crippen molar-refractivity contribution in [3.63, 3.8) is 0 Å². The van der Waals surface area contributed by atoms with Crippen LogP contribution in [0.3, 0.4) is 0 Å². The number of rotatable bonds is 3. The van der Waals surface area contributed by atoms with Crippen LogP contribution in [-0.4, -0.2) is 31.2 Å². The molecule has 1 unspecified atom stereocenters. The number of nitrogens with zero attached hydrogens (tertiary/aromatic N) is 1. The molecule has 4 heteroatoms. The molecule has 108 valence electrons. The second-order valence-electron chi connectivity index (χ2n) is 4.92. The molecule has 1 atom stereocenters. The first kappa shape index (κ1) is 13.6. The first-order valence-corrected chi connectivity index (χ1v) is 6.88. The number of benzene rings is 2. The van der Waals surface area contributed by atoms with Crippen LogP contribution < -0.4 is 4.74 Å². The van der Waals surface area contributed by atoms with E-state index in [1.165, 1.54) is 0 Å². The van der Waals surface area contributed by atoms with Gasteiger partial charge in [0.05, 0.1) is 19.2 Å². The molecule has 0 spiro atoms. The zero-order chi connectivity index (χ0) is 14.7. The molecular weight excluding hydrogens is 266 g/mol. The Labute approximate surface area is 123 Å². The van der Waals surface area contributed by atoms with Crippen molar-refractivity contribution in [2.45, 2.75) is 6.10 Å². The van der Waals surface area contributed by atoms with Crippen LogP contribution in [0.2, 0.25) is 0 Å². The molecule has 0 aromatic heterocycles. The van der Waals surface area contributed by atoms with Gasteiger partial charge < -0.3 is 14.4 Å². The third-order valence-corrected chi connectivity index (χ3v) is 3.61. The fourth-order valence-electron chi connectivity index (χ4n) is 2.49. The van der Waals surface area contributed by atoms with Crippen molar-refractivity contribution in [1.82, 2.24) is 4.90 Å². The van der Waals surface area contributed by atoms with Gasteiger partial charge in [-0.15, -0.1) is 0 Å². The van der Waals surface area contributed by atoms with Gasteiger partial charge in [0.25, 0.3) is 5.91 Å².